The number of H-pyrrole nitrogens is 1. The standard InChI is InChI=1S/C21H21N3O5S/c25-18-17-13-3-1-5-15(13)30-19(17)23-16(22-18)11-29-21(27)12-6-8-24(9-7-12)20(26)14-4-2-10-28-14/h2,4,10,12H,1,3,5-9,11H2,(H,22,23,25). The van der Waals surface area contributed by atoms with Gasteiger partial charge in [0.25, 0.3) is 11.5 Å². The number of ether oxygens (including phenoxy) is 1. The summed E-state index contributed by atoms with van der Waals surface area (Å²) in [4.78, 5) is 48.2. The molecule has 0 unspecified atom stereocenters. The minimum atomic E-state index is -0.323. The Hall–Kier alpha value is -2.94. The van der Waals surface area contributed by atoms with Crippen molar-refractivity contribution in [2.24, 2.45) is 5.92 Å². The van der Waals surface area contributed by atoms with Crippen molar-refractivity contribution in [1.82, 2.24) is 14.9 Å². The van der Waals surface area contributed by atoms with Crippen molar-refractivity contribution in [2.75, 3.05) is 13.1 Å². The smallest absolute Gasteiger partial charge is 0.309 e. The first kappa shape index (κ1) is 19.0. The van der Waals surface area contributed by atoms with Gasteiger partial charge in [-0.15, -0.1) is 11.3 Å². The van der Waals surface area contributed by atoms with Crippen LogP contribution in [0.25, 0.3) is 10.2 Å². The first-order chi connectivity index (χ1) is 14.6. The summed E-state index contributed by atoms with van der Waals surface area (Å²) in [5, 5.41) is 0.691. The number of rotatable bonds is 4. The van der Waals surface area contributed by atoms with Gasteiger partial charge in [0.1, 0.15) is 17.3 Å². The molecule has 30 heavy (non-hydrogen) atoms. The van der Waals surface area contributed by atoms with Crippen molar-refractivity contribution in [3.05, 3.63) is 50.8 Å². The number of esters is 1. The first-order valence-electron chi connectivity index (χ1n) is 10.1. The summed E-state index contributed by atoms with van der Waals surface area (Å²) >= 11 is 1.56. The van der Waals surface area contributed by atoms with E-state index in [1.807, 2.05) is 0 Å². The number of amides is 1. The van der Waals surface area contributed by atoms with E-state index in [-0.39, 0.29) is 30.0 Å². The van der Waals surface area contributed by atoms with Crippen molar-refractivity contribution in [3.8, 4) is 0 Å². The summed E-state index contributed by atoms with van der Waals surface area (Å²) in [5.74, 6) is -0.0832. The van der Waals surface area contributed by atoms with Crippen molar-refractivity contribution >= 4 is 33.4 Å². The molecule has 0 bridgehead atoms. The highest BCUT2D eigenvalue weighted by atomic mass is 32.1. The van der Waals surface area contributed by atoms with Crippen molar-refractivity contribution in [3.63, 3.8) is 0 Å². The lowest BCUT2D eigenvalue weighted by atomic mass is 9.97. The predicted molar refractivity (Wildman–Crippen MR) is 109 cm³/mol. The molecule has 1 amide bonds. The van der Waals surface area contributed by atoms with Gasteiger partial charge in [0.2, 0.25) is 0 Å². The Labute approximate surface area is 175 Å². The second kappa shape index (κ2) is 7.71. The number of aromatic nitrogens is 2. The summed E-state index contributed by atoms with van der Waals surface area (Å²) in [5.41, 5.74) is 0.971. The van der Waals surface area contributed by atoms with Crippen LogP contribution < -0.4 is 5.56 Å². The van der Waals surface area contributed by atoms with Crippen molar-refractivity contribution < 1.29 is 18.7 Å². The van der Waals surface area contributed by atoms with Gasteiger partial charge in [-0.25, -0.2) is 4.98 Å². The second-order valence-corrected chi connectivity index (χ2v) is 8.79. The molecule has 1 aliphatic heterocycles. The normalized spacial score (nSPS) is 16.7. The van der Waals surface area contributed by atoms with Crippen molar-refractivity contribution in [1.29, 1.82) is 0 Å². The van der Waals surface area contributed by atoms with Crippen LogP contribution in [0.15, 0.2) is 27.6 Å². The maximum Gasteiger partial charge on any atom is 0.309 e. The van der Waals surface area contributed by atoms with Crippen LogP contribution in [0, 0.1) is 5.92 Å². The third-order valence-corrected chi connectivity index (χ3v) is 7.01. The lowest BCUT2D eigenvalue weighted by molar-refractivity contribution is -0.151. The number of hydrogen-bond acceptors (Lipinski definition) is 7. The van der Waals surface area contributed by atoms with Gasteiger partial charge in [-0.1, -0.05) is 0 Å². The lowest BCUT2D eigenvalue weighted by Crippen LogP contribution is -2.40. The Morgan fingerprint density at radius 2 is 2.13 bits per heavy atom. The van der Waals surface area contributed by atoms with Crippen LogP contribution in [0.1, 0.15) is 46.1 Å². The third-order valence-electron chi connectivity index (χ3n) is 5.82. The van der Waals surface area contributed by atoms with Crippen LogP contribution in [-0.2, 0) is 29.0 Å². The number of thiophene rings is 1. The maximum atomic E-state index is 12.5. The zero-order valence-corrected chi connectivity index (χ0v) is 17.1. The number of fused-ring (bicyclic) bond motifs is 3. The molecule has 0 spiro atoms. The number of aromatic amines is 1. The van der Waals surface area contributed by atoms with E-state index < -0.39 is 0 Å². The van der Waals surface area contributed by atoms with Crippen LogP contribution in [0.4, 0.5) is 0 Å². The van der Waals surface area contributed by atoms with Gasteiger partial charge in [-0.05, 0) is 49.8 Å². The highest BCUT2D eigenvalue weighted by molar-refractivity contribution is 7.18. The monoisotopic (exact) mass is 427 g/mol. The van der Waals surface area contributed by atoms with Crippen LogP contribution in [-0.4, -0.2) is 39.8 Å². The number of hydrogen-bond donors (Lipinski definition) is 1. The fourth-order valence-corrected chi connectivity index (χ4v) is 5.53. The Morgan fingerprint density at radius 3 is 2.90 bits per heavy atom. The van der Waals surface area contributed by atoms with Gasteiger partial charge < -0.3 is 19.0 Å². The number of furan rings is 1. The number of likely N-dealkylation sites (tertiary alicyclic amines) is 1. The van der Waals surface area contributed by atoms with E-state index in [2.05, 4.69) is 9.97 Å². The van der Waals surface area contributed by atoms with E-state index in [0.717, 1.165) is 29.7 Å². The van der Waals surface area contributed by atoms with E-state index in [1.165, 1.54) is 11.1 Å². The molecule has 3 aromatic heterocycles. The number of piperidine rings is 1. The molecule has 4 heterocycles. The molecular weight excluding hydrogens is 406 g/mol. The predicted octanol–water partition coefficient (Wildman–Crippen LogP) is 2.66. The second-order valence-electron chi connectivity index (χ2n) is 7.70. The average molecular weight is 427 g/mol. The highest BCUT2D eigenvalue weighted by Crippen LogP contribution is 2.34. The first-order valence-corrected chi connectivity index (χ1v) is 10.9. The Kier molecular flexibility index (Phi) is 4.90. The number of carbonyl (C=O) groups excluding carboxylic acids is 2. The number of nitrogens with zero attached hydrogens (tertiary/aromatic N) is 2. The van der Waals surface area contributed by atoms with E-state index in [0.29, 0.717) is 42.9 Å². The average Bonchev–Trinajstić information content (AvgIpc) is 3.49. The van der Waals surface area contributed by atoms with Crippen LogP contribution in [0.2, 0.25) is 0 Å². The van der Waals surface area contributed by atoms with Gasteiger partial charge in [-0.3, -0.25) is 14.4 Å². The van der Waals surface area contributed by atoms with Crippen molar-refractivity contribution in [2.45, 2.75) is 38.7 Å². The van der Waals surface area contributed by atoms with Gasteiger partial charge in [0, 0.05) is 18.0 Å². The van der Waals surface area contributed by atoms with E-state index in [9.17, 15) is 14.4 Å². The molecule has 1 aliphatic carbocycles. The Bertz CT molecular complexity index is 1160. The molecule has 3 aromatic rings. The summed E-state index contributed by atoms with van der Waals surface area (Å²) in [6.07, 6.45) is 5.55. The summed E-state index contributed by atoms with van der Waals surface area (Å²) in [6.45, 7) is 0.889. The molecule has 0 atom stereocenters. The van der Waals surface area contributed by atoms with Gasteiger partial charge in [-0.2, -0.15) is 0 Å². The zero-order chi connectivity index (χ0) is 20.7. The molecular formula is C21H21N3O5S. The molecule has 1 fully saturated rings. The number of carbonyl (C=O) groups is 2. The topological polar surface area (TPSA) is 105 Å². The maximum absolute atomic E-state index is 12.5. The summed E-state index contributed by atoms with van der Waals surface area (Å²) in [7, 11) is 0. The molecule has 1 saturated heterocycles. The molecule has 8 nitrogen and oxygen atoms in total. The molecule has 2 aliphatic rings. The van der Waals surface area contributed by atoms with E-state index in [1.54, 1.807) is 28.4 Å². The Balaban J connectivity index is 1.19. The van der Waals surface area contributed by atoms with Gasteiger partial charge >= 0.3 is 5.97 Å². The molecule has 1 N–H and O–H groups in total. The number of aryl methyl sites for hydroxylation is 2. The molecule has 9 heteroatoms. The highest BCUT2D eigenvalue weighted by Gasteiger charge is 2.30. The lowest BCUT2D eigenvalue weighted by Gasteiger charge is -2.30. The zero-order valence-electron chi connectivity index (χ0n) is 16.3. The van der Waals surface area contributed by atoms with Gasteiger partial charge in [0.05, 0.1) is 17.6 Å². The minimum Gasteiger partial charge on any atom is -0.459 e. The van der Waals surface area contributed by atoms with Crippen LogP contribution in [0.5, 0.6) is 0 Å². The molecule has 0 saturated carbocycles. The fraction of sp³-hybridized carbons (Fsp3) is 0.429. The third kappa shape index (κ3) is 3.43. The largest absolute Gasteiger partial charge is 0.459 e. The van der Waals surface area contributed by atoms with Crippen LogP contribution >= 0.6 is 11.3 Å². The SMILES string of the molecule is O=C(OCc1nc2sc3c(c2c(=O)[nH]1)CCC3)C1CCN(C(=O)c2ccco2)CC1. The summed E-state index contributed by atoms with van der Waals surface area (Å²) < 4.78 is 10.6. The molecule has 5 rings (SSSR count). The molecule has 156 valence electrons. The number of nitrogens with one attached hydrogen (secondary N) is 1. The quantitative estimate of drug-likeness (QED) is 0.642. The summed E-state index contributed by atoms with van der Waals surface area (Å²) in [6, 6.07) is 3.31. The Morgan fingerprint density at radius 1 is 1.30 bits per heavy atom. The fourth-order valence-electron chi connectivity index (χ4n) is 4.25. The molecule has 0 aromatic carbocycles. The van der Waals surface area contributed by atoms with E-state index in [4.69, 9.17) is 9.15 Å². The van der Waals surface area contributed by atoms with Gasteiger partial charge in [0.15, 0.2) is 5.76 Å². The molecule has 0 radical (unpaired) electrons. The minimum absolute atomic E-state index is 0.0574. The van der Waals surface area contributed by atoms with Crippen LogP contribution in [0.3, 0.4) is 0 Å². The van der Waals surface area contributed by atoms with E-state index >= 15 is 0 Å².